The lowest BCUT2D eigenvalue weighted by Gasteiger charge is -2.30. The average Bonchev–Trinajstić information content (AvgIpc) is 2.44. The molecule has 1 amide bonds. The van der Waals surface area contributed by atoms with Crippen molar-refractivity contribution in [2.45, 2.75) is 13.0 Å². The predicted octanol–water partition coefficient (Wildman–Crippen LogP) is 0.925. The van der Waals surface area contributed by atoms with Crippen LogP contribution in [0.25, 0.3) is 0 Å². The molecule has 0 atom stereocenters. The number of likely N-dealkylation sites (N-methyl/N-ethyl adjacent to an activating group) is 1. The number of hydrogen-bond acceptors (Lipinski definition) is 5. The lowest BCUT2D eigenvalue weighted by atomic mass is 10.2. The van der Waals surface area contributed by atoms with E-state index in [4.69, 9.17) is 4.74 Å². The van der Waals surface area contributed by atoms with Crippen LogP contribution >= 0.6 is 0 Å². The second-order valence-corrected chi connectivity index (χ2v) is 7.51. The molecule has 0 aliphatic carbocycles. The van der Waals surface area contributed by atoms with E-state index in [1.54, 1.807) is 0 Å². The summed E-state index contributed by atoms with van der Waals surface area (Å²) >= 11 is 0. The molecule has 1 rings (SSSR count). The molecule has 0 radical (unpaired) electrons. The molecule has 0 aliphatic rings. The van der Waals surface area contributed by atoms with E-state index in [1.165, 1.54) is 0 Å². The first-order chi connectivity index (χ1) is 10.7. The van der Waals surface area contributed by atoms with E-state index in [0.717, 1.165) is 5.56 Å². The Morgan fingerprint density at radius 2 is 1.87 bits per heavy atom. The van der Waals surface area contributed by atoms with Crippen molar-refractivity contribution in [3.8, 4) is 0 Å². The van der Waals surface area contributed by atoms with Crippen LogP contribution in [0.2, 0.25) is 0 Å². The Labute approximate surface area is 137 Å². The maximum Gasteiger partial charge on any atom is 0.407 e. The van der Waals surface area contributed by atoms with Gasteiger partial charge in [-0.15, -0.1) is 0 Å². The molecule has 0 unspecified atom stereocenters. The van der Waals surface area contributed by atoms with Crippen molar-refractivity contribution in [2.75, 3.05) is 39.5 Å². The molecule has 130 valence electrons. The minimum atomic E-state index is -4.16. The normalized spacial score (nSPS) is 12.0. The Morgan fingerprint density at radius 1 is 1.22 bits per heavy atom. The number of amides is 1. The summed E-state index contributed by atoms with van der Waals surface area (Å²) in [4.78, 5) is 11.6. The second-order valence-electron chi connectivity index (χ2n) is 5.99. The summed E-state index contributed by atoms with van der Waals surface area (Å²) < 4.78 is 37.3. The van der Waals surface area contributed by atoms with Gasteiger partial charge in [0, 0.05) is 12.2 Å². The molecule has 1 N–H and O–H groups in total. The molecule has 0 fully saturated rings. The topological polar surface area (TPSA) is 95.5 Å². The zero-order chi connectivity index (χ0) is 17.3. The van der Waals surface area contributed by atoms with Crippen LogP contribution in [0.3, 0.4) is 0 Å². The number of nitrogens with zero attached hydrogens (tertiary/aromatic N) is 1. The first-order valence-corrected chi connectivity index (χ1v) is 8.96. The number of quaternary nitrogens is 1. The highest BCUT2D eigenvalue weighted by Gasteiger charge is 2.15. The summed E-state index contributed by atoms with van der Waals surface area (Å²) in [7, 11) is -0.342. The monoisotopic (exact) mass is 344 g/mol. The van der Waals surface area contributed by atoms with E-state index in [-0.39, 0.29) is 12.4 Å². The zero-order valence-electron chi connectivity index (χ0n) is 13.5. The molecule has 0 aliphatic heterocycles. The number of ether oxygens (including phenoxy) is 1. The summed E-state index contributed by atoms with van der Waals surface area (Å²) in [5.41, 5.74) is 0.914. The van der Waals surface area contributed by atoms with Crippen LogP contribution in [-0.4, -0.2) is 63.0 Å². The number of hydrogen-bond donors (Lipinski definition) is 1. The van der Waals surface area contributed by atoms with Crippen LogP contribution in [0.4, 0.5) is 4.79 Å². The molecule has 0 bridgehead atoms. The summed E-state index contributed by atoms with van der Waals surface area (Å²) in [6.45, 7) is 1.78. The third-order valence-electron chi connectivity index (χ3n) is 3.36. The number of rotatable bonds is 9. The van der Waals surface area contributed by atoms with E-state index in [2.05, 4.69) is 5.32 Å². The maximum atomic E-state index is 11.6. The number of nitrogens with one attached hydrogen (secondary N) is 1. The maximum absolute atomic E-state index is 11.6. The van der Waals surface area contributed by atoms with Crippen molar-refractivity contribution in [2.24, 2.45) is 0 Å². The summed E-state index contributed by atoms with van der Waals surface area (Å²) in [6.07, 6.45) is -0.187. The van der Waals surface area contributed by atoms with Crippen molar-refractivity contribution >= 4 is 16.2 Å². The predicted molar refractivity (Wildman–Crippen MR) is 85.7 cm³/mol. The van der Waals surface area contributed by atoms with E-state index < -0.39 is 16.2 Å². The van der Waals surface area contributed by atoms with Crippen molar-refractivity contribution in [1.29, 1.82) is 0 Å². The fourth-order valence-electron chi connectivity index (χ4n) is 2.02. The van der Waals surface area contributed by atoms with Crippen LogP contribution in [0.1, 0.15) is 12.0 Å². The largest absolute Gasteiger partial charge is 0.748 e. The molecule has 0 spiro atoms. The van der Waals surface area contributed by atoms with Crippen LogP contribution in [0.15, 0.2) is 30.3 Å². The van der Waals surface area contributed by atoms with Gasteiger partial charge < -0.3 is 19.1 Å². The Hall–Kier alpha value is -1.64. The molecule has 0 aromatic heterocycles. The lowest BCUT2D eigenvalue weighted by molar-refractivity contribution is -0.889. The SMILES string of the molecule is C[N+](C)(CCCS(=O)(=O)[O-])CCNC(=O)OCc1ccccc1. The standard InChI is InChI=1S/C15H24N2O5S/c1-17(2,10-6-12-23(19,20)21)11-9-16-15(18)22-13-14-7-4-3-5-8-14/h3-5,7-8H,6,9-13H2,1-2H3,(H-,16,18,19,20,21). The molecule has 0 saturated carbocycles. The average molecular weight is 344 g/mol. The summed E-state index contributed by atoms with van der Waals surface area (Å²) in [6, 6.07) is 9.38. The molecular formula is C15H24N2O5S. The van der Waals surface area contributed by atoms with Crippen molar-refractivity contribution < 1.29 is 27.0 Å². The molecule has 1 aromatic carbocycles. The molecule has 23 heavy (non-hydrogen) atoms. The van der Waals surface area contributed by atoms with Gasteiger partial charge in [0.2, 0.25) is 0 Å². The minimum absolute atomic E-state index is 0.215. The zero-order valence-corrected chi connectivity index (χ0v) is 14.3. The Bertz CT molecular complexity index is 587. The van der Waals surface area contributed by atoms with Gasteiger partial charge in [-0.2, -0.15) is 0 Å². The molecule has 7 nitrogen and oxygen atoms in total. The van der Waals surface area contributed by atoms with E-state index in [1.807, 2.05) is 44.4 Å². The van der Waals surface area contributed by atoms with Crippen LogP contribution in [0, 0.1) is 0 Å². The van der Waals surface area contributed by atoms with Crippen molar-refractivity contribution in [3.05, 3.63) is 35.9 Å². The fourth-order valence-corrected chi connectivity index (χ4v) is 2.50. The van der Waals surface area contributed by atoms with Gasteiger partial charge in [-0.1, -0.05) is 30.3 Å². The summed E-state index contributed by atoms with van der Waals surface area (Å²) in [5.74, 6) is -0.360. The van der Waals surface area contributed by atoms with Gasteiger partial charge in [0.1, 0.15) is 6.61 Å². The van der Waals surface area contributed by atoms with E-state index >= 15 is 0 Å². The quantitative estimate of drug-likeness (QED) is 0.531. The minimum Gasteiger partial charge on any atom is -0.748 e. The Kier molecular flexibility index (Phi) is 7.47. The number of alkyl carbamates (subject to hydrolysis) is 1. The smallest absolute Gasteiger partial charge is 0.407 e. The van der Waals surface area contributed by atoms with Gasteiger partial charge in [-0.25, -0.2) is 13.2 Å². The van der Waals surface area contributed by atoms with Crippen LogP contribution in [0.5, 0.6) is 0 Å². The van der Waals surface area contributed by atoms with Crippen LogP contribution in [-0.2, 0) is 21.5 Å². The van der Waals surface area contributed by atoms with Gasteiger partial charge in [0.05, 0.1) is 43.8 Å². The van der Waals surface area contributed by atoms with Gasteiger partial charge >= 0.3 is 6.09 Å². The highest BCUT2D eigenvalue weighted by molar-refractivity contribution is 7.85. The van der Waals surface area contributed by atoms with Gasteiger partial charge in [0.25, 0.3) is 0 Å². The number of carbonyl (C=O) groups excluding carboxylic acids is 1. The Morgan fingerprint density at radius 3 is 2.48 bits per heavy atom. The highest BCUT2D eigenvalue weighted by Crippen LogP contribution is 2.02. The van der Waals surface area contributed by atoms with Crippen LogP contribution < -0.4 is 5.32 Å². The number of carbonyl (C=O) groups is 1. The second kappa shape index (κ2) is 8.85. The van der Waals surface area contributed by atoms with E-state index in [9.17, 15) is 17.8 Å². The first-order valence-electron chi connectivity index (χ1n) is 7.38. The lowest BCUT2D eigenvalue weighted by Crippen LogP contribution is -2.46. The first kappa shape index (κ1) is 19.4. The molecule has 0 heterocycles. The molecular weight excluding hydrogens is 320 g/mol. The highest BCUT2D eigenvalue weighted by atomic mass is 32.2. The third kappa shape index (κ3) is 9.88. The Balaban J connectivity index is 2.20. The molecule has 0 saturated heterocycles. The van der Waals surface area contributed by atoms with E-state index in [0.29, 0.717) is 30.5 Å². The van der Waals surface area contributed by atoms with Crippen molar-refractivity contribution in [1.82, 2.24) is 5.32 Å². The fraction of sp³-hybridized carbons (Fsp3) is 0.533. The van der Waals surface area contributed by atoms with Gasteiger partial charge in [-0.05, 0) is 5.56 Å². The number of benzene rings is 1. The molecule has 1 aromatic rings. The molecule has 8 heteroatoms. The van der Waals surface area contributed by atoms with Crippen molar-refractivity contribution in [3.63, 3.8) is 0 Å². The van der Waals surface area contributed by atoms with Gasteiger partial charge in [-0.3, -0.25) is 0 Å². The van der Waals surface area contributed by atoms with Gasteiger partial charge in [0.15, 0.2) is 0 Å². The summed E-state index contributed by atoms with van der Waals surface area (Å²) in [5, 5.41) is 2.66. The third-order valence-corrected chi connectivity index (χ3v) is 4.15.